The van der Waals surface area contributed by atoms with E-state index in [2.05, 4.69) is 170 Å². The first-order chi connectivity index (χ1) is 38.5. The number of hydrogen-bond acceptors (Lipinski definition) is 8. The van der Waals surface area contributed by atoms with Crippen molar-refractivity contribution in [2.75, 3.05) is 37.1 Å². The van der Waals surface area contributed by atoms with Gasteiger partial charge >= 0.3 is 0 Å². The van der Waals surface area contributed by atoms with Crippen molar-refractivity contribution in [3.05, 3.63) is 132 Å². The van der Waals surface area contributed by atoms with Crippen LogP contribution in [0.1, 0.15) is 142 Å². The molecule has 8 aromatic carbocycles. The molecular formula is C70H84N4O4. The highest BCUT2D eigenvalue weighted by Gasteiger charge is 2.28. The zero-order chi connectivity index (χ0) is 53.2. The van der Waals surface area contributed by atoms with E-state index >= 15 is 0 Å². The Morgan fingerprint density at radius 3 is 0.987 bits per heavy atom. The fourth-order valence-electron chi connectivity index (χ4n) is 12.6. The largest absolute Gasteiger partial charge is 0.493 e. The lowest BCUT2D eigenvalue weighted by Crippen LogP contribution is -2.49. The van der Waals surface area contributed by atoms with E-state index in [-0.39, 0.29) is 12.1 Å². The van der Waals surface area contributed by atoms with Crippen molar-refractivity contribution >= 4 is 54.5 Å². The van der Waals surface area contributed by atoms with E-state index in [0.717, 1.165) is 147 Å². The van der Waals surface area contributed by atoms with Crippen molar-refractivity contribution in [1.82, 2.24) is 10.6 Å². The van der Waals surface area contributed by atoms with E-state index in [4.69, 9.17) is 18.9 Å². The summed E-state index contributed by atoms with van der Waals surface area (Å²) in [5.41, 5.74) is 9.28. The molecule has 0 amide bonds. The Balaban J connectivity index is 1.03. The lowest BCUT2D eigenvalue weighted by molar-refractivity contribution is 0.281. The van der Waals surface area contributed by atoms with Gasteiger partial charge < -0.3 is 40.2 Å². The van der Waals surface area contributed by atoms with Crippen LogP contribution in [0.4, 0.5) is 11.4 Å². The van der Waals surface area contributed by atoms with Gasteiger partial charge in [-0.25, -0.2) is 0 Å². The van der Waals surface area contributed by atoms with Gasteiger partial charge in [-0.15, -0.1) is 0 Å². The minimum atomic E-state index is 0.246. The number of hydrogen-bond donors (Lipinski definition) is 4. The molecule has 8 heteroatoms. The quantitative estimate of drug-likeness (QED) is 0.0713. The number of unbranched alkanes of at least 4 members (excludes halogenated alkanes) is 4. The summed E-state index contributed by atoms with van der Waals surface area (Å²) >= 11 is 0. The number of benzene rings is 8. The molecule has 4 N–H and O–H groups in total. The predicted octanol–water partition coefficient (Wildman–Crippen LogP) is 17.7. The monoisotopic (exact) mass is 1040 g/mol. The average molecular weight is 1050 g/mol. The van der Waals surface area contributed by atoms with Gasteiger partial charge in [0.05, 0.1) is 26.4 Å². The molecular weight excluding hydrogens is 961 g/mol. The molecule has 8 aromatic rings. The summed E-state index contributed by atoms with van der Waals surface area (Å²) in [6.07, 6.45) is 17.6. The van der Waals surface area contributed by atoms with E-state index in [1.807, 2.05) is 0 Å². The molecule has 0 aromatic heterocycles. The van der Waals surface area contributed by atoms with Crippen LogP contribution in [0.2, 0.25) is 0 Å². The molecule has 408 valence electrons. The highest BCUT2D eigenvalue weighted by molar-refractivity contribution is 6.12. The summed E-state index contributed by atoms with van der Waals surface area (Å²) in [5, 5.41) is 25.8. The van der Waals surface area contributed by atoms with Crippen LogP contribution >= 0.6 is 0 Å². The maximum absolute atomic E-state index is 6.77. The van der Waals surface area contributed by atoms with Gasteiger partial charge in [0, 0.05) is 70.9 Å². The van der Waals surface area contributed by atoms with Gasteiger partial charge in [-0.1, -0.05) is 140 Å². The Morgan fingerprint density at radius 2 is 0.654 bits per heavy atom. The molecule has 22 rings (SSSR count). The highest BCUT2D eigenvalue weighted by Crippen LogP contribution is 2.48. The van der Waals surface area contributed by atoms with Crippen LogP contribution in [0.15, 0.2) is 121 Å². The zero-order valence-electron chi connectivity index (χ0n) is 47.0. The van der Waals surface area contributed by atoms with E-state index in [9.17, 15) is 0 Å². The Kier molecular flexibility index (Phi) is 17.5. The topological polar surface area (TPSA) is 85.0 Å². The van der Waals surface area contributed by atoms with Crippen LogP contribution in [0.3, 0.4) is 0 Å². The van der Waals surface area contributed by atoms with Gasteiger partial charge in [-0.05, 0) is 166 Å². The lowest BCUT2D eigenvalue weighted by atomic mass is 9.88. The SMILES string of the molecule is CCCCOc1ccc2cc3ccc2c1-c1c(OCCCC)ccc2cc(ccc12)N[C@@H]1CCCC[C@H]1Nc1ccc2c(c(OCCCC)ccc2c1)-c1c(OCCCC)ccc2cc(ccc12)CN[C@@H]1CCCC[C@H]1NC3. The van der Waals surface area contributed by atoms with Crippen molar-refractivity contribution in [2.24, 2.45) is 0 Å². The Hall–Kier alpha value is -6.48. The molecule has 0 saturated heterocycles. The number of rotatable bonds is 16. The van der Waals surface area contributed by atoms with Crippen LogP contribution in [0.25, 0.3) is 65.3 Å². The predicted molar refractivity (Wildman–Crippen MR) is 328 cm³/mol. The highest BCUT2D eigenvalue weighted by atomic mass is 16.5. The van der Waals surface area contributed by atoms with Crippen molar-refractivity contribution in [3.8, 4) is 45.3 Å². The lowest BCUT2D eigenvalue weighted by Gasteiger charge is -2.34. The average Bonchev–Trinajstić information content (AvgIpc) is 3.67. The number of nitrogens with one attached hydrogen (secondary N) is 4. The first-order valence-corrected chi connectivity index (χ1v) is 30.3. The van der Waals surface area contributed by atoms with Crippen molar-refractivity contribution in [3.63, 3.8) is 0 Å². The molecule has 0 spiro atoms. The summed E-state index contributed by atoms with van der Waals surface area (Å²) in [5.74, 6) is 3.64. The van der Waals surface area contributed by atoms with E-state index in [0.29, 0.717) is 38.5 Å². The van der Waals surface area contributed by atoms with Gasteiger partial charge in [0.25, 0.3) is 0 Å². The summed E-state index contributed by atoms with van der Waals surface area (Å²) in [6.45, 7) is 13.2. The summed E-state index contributed by atoms with van der Waals surface area (Å²) in [4.78, 5) is 0. The Labute approximate surface area is 464 Å². The Morgan fingerprint density at radius 1 is 0.346 bits per heavy atom. The second-order valence-corrected chi connectivity index (χ2v) is 22.6. The molecule has 2 fully saturated rings. The third-order valence-corrected chi connectivity index (χ3v) is 16.9. The van der Waals surface area contributed by atoms with Crippen LogP contribution in [-0.4, -0.2) is 50.6 Å². The van der Waals surface area contributed by atoms with E-state index in [1.54, 1.807) is 0 Å². The normalized spacial score (nSPS) is 18.7. The summed E-state index contributed by atoms with van der Waals surface area (Å²) in [6, 6.07) is 47.1. The Bertz CT molecular complexity index is 3110. The van der Waals surface area contributed by atoms with Gasteiger partial charge in [0.1, 0.15) is 23.0 Å². The third kappa shape index (κ3) is 11.9. The molecule has 14 aliphatic rings. The fraction of sp³-hybridized carbons (Fsp3) is 0.429. The van der Waals surface area contributed by atoms with Gasteiger partial charge in [-0.2, -0.15) is 0 Å². The van der Waals surface area contributed by atoms with Crippen LogP contribution in [0, 0.1) is 0 Å². The molecule has 12 aliphatic heterocycles. The molecule has 16 bridgehead atoms. The second-order valence-electron chi connectivity index (χ2n) is 22.6. The molecule has 78 heavy (non-hydrogen) atoms. The molecule has 4 atom stereocenters. The van der Waals surface area contributed by atoms with Crippen LogP contribution in [-0.2, 0) is 13.1 Å². The van der Waals surface area contributed by atoms with Crippen LogP contribution < -0.4 is 40.2 Å². The van der Waals surface area contributed by atoms with E-state index < -0.39 is 0 Å². The first-order valence-electron chi connectivity index (χ1n) is 30.3. The maximum Gasteiger partial charge on any atom is 0.127 e. The molecule has 12 heterocycles. The fourth-order valence-corrected chi connectivity index (χ4v) is 12.6. The van der Waals surface area contributed by atoms with Crippen molar-refractivity contribution in [1.29, 1.82) is 0 Å². The molecule has 2 saturated carbocycles. The van der Waals surface area contributed by atoms with Crippen molar-refractivity contribution < 1.29 is 18.9 Å². The van der Waals surface area contributed by atoms with Gasteiger partial charge in [0.2, 0.25) is 0 Å². The summed E-state index contributed by atoms with van der Waals surface area (Å²) in [7, 11) is 0. The van der Waals surface area contributed by atoms with E-state index in [1.165, 1.54) is 79.9 Å². The molecule has 0 unspecified atom stereocenters. The minimum absolute atomic E-state index is 0.246. The number of anilines is 2. The van der Waals surface area contributed by atoms with Gasteiger partial charge in [0.15, 0.2) is 0 Å². The van der Waals surface area contributed by atoms with Crippen LogP contribution in [0.5, 0.6) is 23.0 Å². The summed E-state index contributed by atoms with van der Waals surface area (Å²) < 4.78 is 27.1. The minimum Gasteiger partial charge on any atom is -0.493 e. The number of ether oxygens (including phenoxy) is 4. The zero-order valence-corrected chi connectivity index (χ0v) is 47.0. The molecule has 2 aliphatic carbocycles. The van der Waals surface area contributed by atoms with Gasteiger partial charge in [-0.3, -0.25) is 0 Å². The molecule has 8 nitrogen and oxygen atoms in total. The maximum atomic E-state index is 6.77. The third-order valence-electron chi connectivity index (χ3n) is 16.9. The van der Waals surface area contributed by atoms with Crippen molar-refractivity contribution in [2.45, 2.75) is 168 Å². The smallest absolute Gasteiger partial charge is 0.127 e. The first kappa shape index (κ1) is 53.5. The molecule has 0 radical (unpaired) electrons. The second kappa shape index (κ2) is 25.5. The standard InChI is InChI=1S/C70H84N4O4/c1-5-9-37-75-63-33-23-49-41-47-21-29-55(49)67(63)69-57-31-27-53(43-51(57)25-35-65(69)77-39-11-7-3)73-61-19-15-16-20-62(61)74-54-28-32-58-52(44-54)26-36-66(78-40-12-8-4)70(58)68-56-30-22-48(42-50(56)24-34-64(68)76-38-10-6-2)46-72-60-18-14-13-17-59(60)71-45-47/h21-36,41-44,59-62,71-74H,5-20,37-40,45-46H2,1-4H3/t59-,60-,61-,62-/m1/s1.